The van der Waals surface area contributed by atoms with Crippen LogP contribution in [-0.4, -0.2) is 31.1 Å². The summed E-state index contributed by atoms with van der Waals surface area (Å²) in [5, 5.41) is 9.65. The number of aromatic nitrogens is 1. The average molecular weight is 472 g/mol. The van der Waals surface area contributed by atoms with E-state index in [-0.39, 0.29) is 29.8 Å². The lowest BCUT2D eigenvalue weighted by Gasteiger charge is -2.11. The van der Waals surface area contributed by atoms with E-state index in [9.17, 15) is 4.39 Å². The summed E-state index contributed by atoms with van der Waals surface area (Å²) in [6.45, 7) is 1.58. The van der Waals surface area contributed by atoms with E-state index in [1.165, 1.54) is 10.9 Å². The first-order chi connectivity index (χ1) is 11.8. The monoisotopic (exact) mass is 472 g/mol. The van der Waals surface area contributed by atoms with Crippen LogP contribution in [0.15, 0.2) is 46.9 Å². The standard InChI is InChI=1S/C18H21FN4S.HI/c1-20-18(22-9-7-15-3-2-10-24-15)21-8-6-13-12-23-17-5-4-14(19)11-16(13)17;/h2-5,10-12,23H,6-9H2,1H3,(H2,20,21,22);1H. The number of halogens is 2. The number of rotatable bonds is 6. The fourth-order valence-electron chi connectivity index (χ4n) is 2.65. The zero-order valence-electron chi connectivity index (χ0n) is 14.0. The largest absolute Gasteiger partial charge is 0.361 e. The maximum atomic E-state index is 13.4. The molecule has 4 nitrogen and oxygen atoms in total. The van der Waals surface area contributed by atoms with Crippen molar-refractivity contribution in [3.63, 3.8) is 0 Å². The average Bonchev–Trinajstić information content (AvgIpc) is 3.23. The molecule has 0 fully saturated rings. The SMILES string of the molecule is CN=C(NCCc1cccs1)NCCc1c[nH]c2ccc(F)cc12.I. The molecule has 0 spiro atoms. The maximum absolute atomic E-state index is 13.4. The minimum atomic E-state index is -0.206. The highest BCUT2D eigenvalue weighted by Gasteiger charge is 2.05. The Labute approximate surface area is 168 Å². The van der Waals surface area contributed by atoms with E-state index in [1.54, 1.807) is 30.5 Å². The molecule has 0 aliphatic rings. The van der Waals surface area contributed by atoms with Gasteiger partial charge in [-0.3, -0.25) is 4.99 Å². The van der Waals surface area contributed by atoms with E-state index in [4.69, 9.17) is 0 Å². The van der Waals surface area contributed by atoms with Gasteiger partial charge in [-0.2, -0.15) is 0 Å². The lowest BCUT2D eigenvalue weighted by Crippen LogP contribution is -2.39. The van der Waals surface area contributed by atoms with Crippen LogP contribution in [-0.2, 0) is 12.8 Å². The summed E-state index contributed by atoms with van der Waals surface area (Å²) in [5.74, 6) is 0.583. The number of aliphatic imine (C=N–C) groups is 1. The summed E-state index contributed by atoms with van der Waals surface area (Å²) < 4.78 is 13.4. The number of nitrogens with zero attached hydrogens (tertiary/aromatic N) is 1. The molecule has 2 heterocycles. The van der Waals surface area contributed by atoms with Crippen molar-refractivity contribution in [1.29, 1.82) is 0 Å². The number of fused-ring (bicyclic) bond motifs is 1. The van der Waals surface area contributed by atoms with Crippen molar-refractivity contribution < 1.29 is 4.39 Å². The van der Waals surface area contributed by atoms with Crippen LogP contribution in [0.5, 0.6) is 0 Å². The lowest BCUT2D eigenvalue weighted by molar-refractivity contribution is 0.629. The smallest absolute Gasteiger partial charge is 0.190 e. The Morgan fingerprint density at radius 2 is 2.00 bits per heavy atom. The molecule has 7 heteroatoms. The van der Waals surface area contributed by atoms with Crippen molar-refractivity contribution in [2.45, 2.75) is 12.8 Å². The van der Waals surface area contributed by atoms with Gasteiger partial charge in [0.25, 0.3) is 0 Å². The molecule has 0 unspecified atom stereocenters. The molecule has 3 aromatic rings. The number of nitrogens with one attached hydrogen (secondary N) is 3. The van der Waals surface area contributed by atoms with E-state index in [0.29, 0.717) is 0 Å². The molecular weight excluding hydrogens is 450 g/mol. The third-order valence-electron chi connectivity index (χ3n) is 3.88. The van der Waals surface area contributed by atoms with Gasteiger partial charge in [0.1, 0.15) is 5.82 Å². The number of thiophene rings is 1. The van der Waals surface area contributed by atoms with E-state index in [1.807, 2.05) is 6.20 Å². The summed E-state index contributed by atoms with van der Waals surface area (Å²) in [6, 6.07) is 9.03. The minimum absolute atomic E-state index is 0. The van der Waals surface area contributed by atoms with Crippen molar-refractivity contribution in [1.82, 2.24) is 15.6 Å². The molecule has 0 aliphatic carbocycles. The van der Waals surface area contributed by atoms with Gasteiger partial charge < -0.3 is 15.6 Å². The van der Waals surface area contributed by atoms with E-state index in [2.05, 4.69) is 38.1 Å². The zero-order chi connectivity index (χ0) is 16.8. The van der Waals surface area contributed by atoms with Crippen LogP contribution >= 0.6 is 35.3 Å². The quantitative estimate of drug-likeness (QED) is 0.289. The van der Waals surface area contributed by atoms with Crippen LogP contribution in [0.1, 0.15) is 10.4 Å². The van der Waals surface area contributed by atoms with Gasteiger partial charge in [-0.1, -0.05) is 6.07 Å². The normalized spacial score (nSPS) is 11.4. The van der Waals surface area contributed by atoms with Crippen molar-refractivity contribution in [3.05, 3.63) is 58.2 Å². The number of hydrogen-bond acceptors (Lipinski definition) is 2. The Balaban J connectivity index is 0.00000225. The predicted octanol–water partition coefficient (Wildman–Crippen LogP) is 3.94. The van der Waals surface area contributed by atoms with Crippen LogP contribution in [0.3, 0.4) is 0 Å². The molecule has 25 heavy (non-hydrogen) atoms. The lowest BCUT2D eigenvalue weighted by atomic mass is 10.1. The molecule has 134 valence electrons. The molecule has 0 saturated carbocycles. The van der Waals surface area contributed by atoms with Crippen molar-refractivity contribution in [2.75, 3.05) is 20.1 Å². The topological polar surface area (TPSA) is 52.2 Å². The van der Waals surface area contributed by atoms with Gasteiger partial charge in [0.2, 0.25) is 0 Å². The summed E-state index contributed by atoms with van der Waals surface area (Å²) in [4.78, 5) is 8.77. The van der Waals surface area contributed by atoms with E-state index >= 15 is 0 Å². The number of benzene rings is 1. The minimum Gasteiger partial charge on any atom is -0.361 e. The number of hydrogen-bond donors (Lipinski definition) is 3. The van der Waals surface area contributed by atoms with Gasteiger partial charge in [-0.15, -0.1) is 35.3 Å². The molecule has 0 saturated heterocycles. The van der Waals surface area contributed by atoms with Crippen LogP contribution in [0, 0.1) is 5.82 Å². The summed E-state index contributed by atoms with van der Waals surface area (Å²) in [6.07, 6.45) is 3.73. The third kappa shape index (κ3) is 5.43. The Morgan fingerprint density at radius 3 is 2.72 bits per heavy atom. The van der Waals surface area contributed by atoms with Crippen LogP contribution in [0.4, 0.5) is 4.39 Å². The highest BCUT2D eigenvalue weighted by molar-refractivity contribution is 14.0. The number of guanidine groups is 1. The first kappa shape index (κ1) is 19.7. The molecular formula is C18H22FIN4S. The number of H-pyrrole nitrogens is 1. The van der Waals surface area contributed by atoms with Gasteiger partial charge in [-0.05, 0) is 48.1 Å². The van der Waals surface area contributed by atoms with Crippen molar-refractivity contribution in [2.24, 2.45) is 4.99 Å². The summed E-state index contributed by atoms with van der Waals surface area (Å²) in [7, 11) is 1.77. The maximum Gasteiger partial charge on any atom is 0.190 e. The molecule has 1 aromatic carbocycles. The first-order valence-electron chi connectivity index (χ1n) is 7.98. The van der Waals surface area contributed by atoms with Gasteiger partial charge in [0, 0.05) is 42.1 Å². The number of aromatic amines is 1. The molecule has 0 aliphatic heterocycles. The van der Waals surface area contributed by atoms with Crippen LogP contribution in [0.25, 0.3) is 10.9 Å². The van der Waals surface area contributed by atoms with Gasteiger partial charge >= 0.3 is 0 Å². The second-order valence-electron chi connectivity index (χ2n) is 5.51. The Kier molecular flexibility index (Phi) is 7.70. The van der Waals surface area contributed by atoms with E-state index < -0.39 is 0 Å². The second-order valence-corrected chi connectivity index (χ2v) is 6.54. The molecule has 0 radical (unpaired) electrons. The van der Waals surface area contributed by atoms with Crippen molar-refractivity contribution in [3.8, 4) is 0 Å². The molecule has 0 bridgehead atoms. The third-order valence-corrected chi connectivity index (χ3v) is 4.82. The Morgan fingerprint density at radius 1 is 1.20 bits per heavy atom. The Hall–Kier alpha value is -1.61. The molecule has 3 rings (SSSR count). The van der Waals surface area contributed by atoms with Gasteiger partial charge in [0.05, 0.1) is 0 Å². The summed E-state index contributed by atoms with van der Waals surface area (Å²) in [5.41, 5.74) is 2.07. The molecule has 0 amide bonds. The highest BCUT2D eigenvalue weighted by atomic mass is 127. The fourth-order valence-corrected chi connectivity index (χ4v) is 3.36. The fraction of sp³-hybridized carbons (Fsp3) is 0.278. The zero-order valence-corrected chi connectivity index (χ0v) is 17.2. The van der Waals surface area contributed by atoms with Crippen molar-refractivity contribution >= 4 is 52.2 Å². The Bertz CT molecular complexity index is 814. The summed E-state index contributed by atoms with van der Waals surface area (Å²) >= 11 is 1.77. The molecule has 0 atom stereocenters. The van der Waals surface area contributed by atoms with Crippen LogP contribution < -0.4 is 10.6 Å². The van der Waals surface area contributed by atoms with E-state index in [0.717, 1.165) is 48.4 Å². The predicted molar refractivity (Wildman–Crippen MR) is 115 cm³/mol. The van der Waals surface area contributed by atoms with Gasteiger partial charge in [-0.25, -0.2) is 4.39 Å². The van der Waals surface area contributed by atoms with Gasteiger partial charge in [0.15, 0.2) is 5.96 Å². The molecule has 2 aromatic heterocycles. The highest BCUT2D eigenvalue weighted by Crippen LogP contribution is 2.19. The molecule has 3 N–H and O–H groups in total. The first-order valence-corrected chi connectivity index (χ1v) is 8.86. The second kappa shape index (κ2) is 9.76. The van der Waals surface area contributed by atoms with Crippen LogP contribution in [0.2, 0.25) is 0 Å².